The maximum atomic E-state index is 12.3. The Bertz CT molecular complexity index is 444. The largest absolute Gasteiger partial charge is 0.456 e. The molecule has 1 saturated heterocycles. The molecule has 1 amide bonds. The molecule has 0 bridgehead atoms. The van der Waals surface area contributed by atoms with Crippen molar-refractivity contribution in [1.82, 2.24) is 9.80 Å². The van der Waals surface area contributed by atoms with Crippen molar-refractivity contribution in [3.63, 3.8) is 0 Å². The Kier molecular flexibility index (Phi) is 5.20. The van der Waals surface area contributed by atoms with Crippen LogP contribution in [0, 0.1) is 12.8 Å². The van der Waals surface area contributed by atoms with Crippen LogP contribution < -0.4 is 5.73 Å². The lowest BCUT2D eigenvalue weighted by Crippen LogP contribution is -2.37. The number of carbonyl (C=O) groups excluding carboxylic acids is 1. The van der Waals surface area contributed by atoms with Gasteiger partial charge in [0.25, 0.3) is 5.91 Å². The number of rotatable bonds is 4. The molecule has 0 radical (unpaired) electrons. The van der Waals surface area contributed by atoms with Crippen LogP contribution in [-0.2, 0) is 0 Å². The molecular weight excluding hydrogens is 254 g/mol. The summed E-state index contributed by atoms with van der Waals surface area (Å²) in [5.74, 6) is 1.74. The summed E-state index contributed by atoms with van der Waals surface area (Å²) < 4.78 is 5.43. The topological polar surface area (TPSA) is 62.7 Å². The molecule has 0 aromatic carbocycles. The van der Waals surface area contributed by atoms with Crippen molar-refractivity contribution in [2.45, 2.75) is 20.3 Å². The van der Waals surface area contributed by atoms with Crippen molar-refractivity contribution in [1.29, 1.82) is 0 Å². The highest BCUT2D eigenvalue weighted by Crippen LogP contribution is 2.12. The first-order chi connectivity index (χ1) is 9.60. The summed E-state index contributed by atoms with van der Waals surface area (Å²) in [5.41, 5.74) is 5.68. The van der Waals surface area contributed by atoms with E-state index < -0.39 is 0 Å². The maximum Gasteiger partial charge on any atom is 0.289 e. The second-order valence-corrected chi connectivity index (χ2v) is 5.70. The molecule has 2 heterocycles. The van der Waals surface area contributed by atoms with Crippen molar-refractivity contribution < 1.29 is 9.21 Å². The van der Waals surface area contributed by atoms with E-state index >= 15 is 0 Å². The van der Waals surface area contributed by atoms with Gasteiger partial charge in [0.05, 0.1) is 0 Å². The number of amides is 1. The highest BCUT2D eigenvalue weighted by atomic mass is 16.3. The summed E-state index contributed by atoms with van der Waals surface area (Å²) in [6.45, 7) is 9.25. The molecule has 0 aliphatic carbocycles. The van der Waals surface area contributed by atoms with E-state index in [4.69, 9.17) is 10.2 Å². The van der Waals surface area contributed by atoms with Crippen molar-refractivity contribution >= 4 is 5.91 Å². The minimum Gasteiger partial charge on any atom is -0.456 e. The maximum absolute atomic E-state index is 12.3. The second kappa shape index (κ2) is 6.90. The van der Waals surface area contributed by atoms with Gasteiger partial charge < -0.3 is 20.0 Å². The first-order valence-corrected chi connectivity index (χ1v) is 7.38. The van der Waals surface area contributed by atoms with E-state index in [9.17, 15) is 4.79 Å². The van der Waals surface area contributed by atoms with Crippen molar-refractivity contribution in [3.8, 4) is 0 Å². The zero-order valence-corrected chi connectivity index (χ0v) is 12.5. The smallest absolute Gasteiger partial charge is 0.289 e. The van der Waals surface area contributed by atoms with E-state index in [2.05, 4.69) is 11.8 Å². The Morgan fingerprint density at radius 2 is 2.15 bits per heavy atom. The van der Waals surface area contributed by atoms with Crippen molar-refractivity contribution in [2.24, 2.45) is 11.7 Å². The molecule has 0 spiro atoms. The summed E-state index contributed by atoms with van der Waals surface area (Å²) in [7, 11) is 0. The molecule has 1 unspecified atom stereocenters. The van der Waals surface area contributed by atoms with Crippen LogP contribution in [0.5, 0.6) is 0 Å². The number of nitrogens with zero attached hydrogens (tertiary/aromatic N) is 2. The minimum atomic E-state index is 0.00632. The Morgan fingerprint density at radius 1 is 1.35 bits per heavy atom. The highest BCUT2D eigenvalue weighted by molar-refractivity contribution is 5.91. The second-order valence-electron chi connectivity index (χ2n) is 5.70. The van der Waals surface area contributed by atoms with E-state index in [1.54, 1.807) is 6.07 Å². The Hall–Kier alpha value is -1.33. The number of hydrogen-bond donors (Lipinski definition) is 1. The van der Waals surface area contributed by atoms with Gasteiger partial charge in [-0.25, -0.2) is 0 Å². The van der Waals surface area contributed by atoms with E-state index in [1.165, 1.54) is 0 Å². The fourth-order valence-corrected chi connectivity index (χ4v) is 2.58. The number of hydrogen-bond acceptors (Lipinski definition) is 4. The first kappa shape index (κ1) is 15.1. The lowest BCUT2D eigenvalue weighted by Gasteiger charge is -2.23. The number of aryl methyl sites for hydroxylation is 1. The third kappa shape index (κ3) is 3.84. The third-order valence-corrected chi connectivity index (χ3v) is 3.80. The van der Waals surface area contributed by atoms with Crippen LogP contribution in [0.2, 0.25) is 0 Å². The molecule has 1 fully saturated rings. The predicted octanol–water partition coefficient (Wildman–Crippen LogP) is 1.33. The zero-order valence-electron chi connectivity index (χ0n) is 12.5. The number of carbonyl (C=O) groups is 1. The first-order valence-electron chi connectivity index (χ1n) is 7.38. The molecule has 2 rings (SSSR count). The molecule has 5 nitrogen and oxygen atoms in total. The average Bonchev–Trinajstić information content (AvgIpc) is 2.74. The Morgan fingerprint density at radius 3 is 2.80 bits per heavy atom. The van der Waals surface area contributed by atoms with Crippen molar-refractivity contribution in [2.75, 3.05) is 39.3 Å². The molecule has 1 aromatic heterocycles. The van der Waals surface area contributed by atoms with Gasteiger partial charge >= 0.3 is 0 Å². The Labute approximate surface area is 120 Å². The summed E-state index contributed by atoms with van der Waals surface area (Å²) in [5, 5.41) is 0. The van der Waals surface area contributed by atoms with Gasteiger partial charge in [-0.1, -0.05) is 6.92 Å². The third-order valence-electron chi connectivity index (χ3n) is 3.80. The van der Waals surface area contributed by atoms with Crippen molar-refractivity contribution in [3.05, 3.63) is 23.7 Å². The molecule has 5 heteroatoms. The van der Waals surface area contributed by atoms with Gasteiger partial charge in [-0.05, 0) is 44.5 Å². The van der Waals surface area contributed by atoms with Crippen LogP contribution in [0.25, 0.3) is 0 Å². The van der Waals surface area contributed by atoms with Gasteiger partial charge in [0.2, 0.25) is 0 Å². The quantitative estimate of drug-likeness (QED) is 0.903. The van der Waals surface area contributed by atoms with Gasteiger partial charge in [-0.15, -0.1) is 0 Å². The van der Waals surface area contributed by atoms with Gasteiger partial charge in [0.1, 0.15) is 5.76 Å². The lowest BCUT2D eigenvalue weighted by atomic mass is 10.1. The summed E-state index contributed by atoms with van der Waals surface area (Å²) in [6.07, 6.45) is 1.00. The normalized spacial score (nSPS) is 18.9. The molecular formula is C15H25N3O2. The minimum absolute atomic E-state index is 0.00632. The molecule has 20 heavy (non-hydrogen) atoms. The highest BCUT2D eigenvalue weighted by Gasteiger charge is 2.22. The Balaban J connectivity index is 1.90. The van der Waals surface area contributed by atoms with E-state index in [0.29, 0.717) is 18.2 Å². The van der Waals surface area contributed by atoms with Gasteiger partial charge in [-0.2, -0.15) is 0 Å². The van der Waals surface area contributed by atoms with Crippen LogP contribution in [0.4, 0.5) is 0 Å². The summed E-state index contributed by atoms with van der Waals surface area (Å²) >= 11 is 0. The van der Waals surface area contributed by atoms with Crippen LogP contribution in [0.1, 0.15) is 29.7 Å². The standard InChI is InChI=1S/C15H25N3O2/c1-12(10-16)11-17-6-3-7-18(9-8-17)15(19)14-5-4-13(2)20-14/h4-5,12H,3,6-11,16H2,1-2H3. The molecule has 1 aromatic rings. The van der Waals surface area contributed by atoms with Crippen LogP contribution in [-0.4, -0.2) is 55.0 Å². The molecule has 112 valence electrons. The monoisotopic (exact) mass is 279 g/mol. The van der Waals surface area contributed by atoms with Gasteiger partial charge in [-0.3, -0.25) is 4.79 Å². The predicted molar refractivity (Wildman–Crippen MR) is 78.6 cm³/mol. The summed E-state index contributed by atoms with van der Waals surface area (Å²) in [6, 6.07) is 3.59. The fraction of sp³-hybridized carbons (Fsp3) is 0.667. The van der Waals surface area contributed by atoms with Gasteiger partial charge in [0, 0.05) is 26.2 Å². The van der Waals surface area contributed by atoms with Crippen LogP contribution >= 0.6 is 0 Å². The van der Waals surface area contributed by atoms with Gasteiger partial charge in [0.15, 0.2) is 5.76 Å². The van der Waals surface area contributed by atoms with E-state index in [1.807, 2.05) is 17.9 Å². The average molecular weight is 279 g/mol. The zero-order chi connectivity index (χ0) is 14.5. The van der Waals surface area contributed by atoms with Crippen LogP contribution in [0.15, 0.2) is 16.5 Å². The van der Waals surface area contributed by atoms with Crippen LogP contribution in [0.3, 0.4) is 0 Å². The fourth-order valence-electron chi connectivity index (χ4n) is 2.58. The SMILES string of the molecule is Cc1ccc(C(=O)N2CCCN(CC(C)CN)CC2)o1. The molecule has 2 N–H and O–H groups in total. The number of nitrogens with two attached hydrogens (primary N) is 1. The molecule has 0 saturated carbocycles. The van der Waals surface area contributed by atoms with E-state index in [0.717, 1.165) is 44.9 Å². The lowest BCUT2D eigenvalue weighted by molar-refractivity contribution is 0.0727. The molecule has 1 aliphatic heterocycles. The molecule has 1 atom stereocenters. The summed E-state index contributed by atoms with van der Waals surface area (Å²) in [4.78, 5) is 16.6. The van der Waals surface area contributed by atoms with E-state index in [-0.39, 0.29) is 5.91 Å². The molecule has 1 aliphatic rings. The number of furan rings is 1.